The second-order valence-corrected chi connectivity index (χ2v) is 15.9. The summed E-state index contributed by atoms with van der Waals surface area (Å²) in [5.41, 5.74) is 2.19. The van der Waals surface area contributed by atoms with E-state index >= 15 is 0 Å². The van der Waals surface area contributed by atoms with Gasteiger partial charge in [0.2, 0.25) is 11.8 Å². The van der Waals surface area contributed by atoms with Crippen LogP contribution in [0.4, 0.5) is 0 Å². The molecule has 2 amide bonds. The van der Waals surface area contributed by atoms with Crippen molar-refractivity contribution >= 4 is 33.4 Å². The van der Waals surface area contributed by atoms with E-state index in [1.54, 1.807) is 21.6 Å². The van der Waals surface area contributed by atoms with Crippen LogP contribution in [0, 0.1) is 0 Å². The summed E-state index contributed by atoms with van der Waals surface area (Å²) in [6.07, 6.45) is 11.2. The zero-order valence-electron chi connectivity index (χ0n) is 27.8. The van der Waals surface area contributed by atoms with E-state index in [0.29, 0.717) is 11.5 Å². The molecule has 2 saturated carbocycles. The molecular weight excluding hydrogens is 629 g/mol. The molecule has 2 aliphatic rings. The summed E-state index contributed by atoms with van der Waals surface area (Å²) in [6, 6.07) is 41.4. The van der Waals surface area contributed by atoms with E-state index < -0.39 is 10.8 Å². The maximum atomic E-state index is 14.7. The zero-order chi connectivity index (χ0) is 33.1. The zero-order valence-corrected chi connectivity index (χ0v) is 29.5. The molecule has 2 aliphatic carbocycles. The molecule has 2 N–H and O–H groups in total. The Balaban J connectivity index is 1.33. The Morgan fingerprint density at radius 2 is 0.729 bits per heavy atom. The van der Waals surface area contributed by atoms with Crippen molar-refractivity contribution in [2.24, 2.45) is 0 Å². The number of nitrogens with one attached hydrogen (secondary N) is 2. The van der Waals surface area contributed by atoms with Crippen LogP contribution in [0.1, 0.15) is 86.5 Å². The van der Waals surface area contributed by atoms with Crippen LogP contribution in [0.25, 0.3) is 0 Å². The molecule has 6 heteroatoms. The molecule has 0 radical (unpaired) electrons. The lowest BCUT2D eigenvalue weighted by Gasteiger charge is -2.37. The number of hydrogen-bond donors (Lipinski definition) is 2. The van der Waals surface area contributed by atoms with Gasteiger partial charge in [-0.05, 0) is 47.9 Å². The van der Waals surface area contributed by atoms with Crippen molar-refractivity contribution in [1.82, 2.24) is 10.6 Å². The van der Waals surface area contributed by atoms with Gasteiger partial charge in [-0.3, -0.25) is 9.59 Å². The maximum Gasteiger partial charge on any atom is 0.236 e. The first-order valence-corrected chi connectivity index (χ1v) is 20.2. The van der Waals surface area contributed by atoms with Gasteiger partial charge in [0.1, 0.15) is 10.8 Å². The van der Waals surface area contributed by atoms with Crippen LogP contribution in [0.2, 0.25) is 0 Å². The first-order chi connectivity index (χ1) is 23.6. The van der Waals surface area contributed by atoms with Gasteiger partial charge in [0, 0.05) is 23.6 Å². The number of carbonyl (C=O) groups excluding carboxylic acids is 2. The Morgan fingerprint density at radius 3 is 1.00 bits per heavy atom. The van der Waals surface area contributed by atoms with Crippen molar-refractivity contribution in [1.29, 1.82) is 0 Å². The third-order valence-electron chi connectivity index (χ3n) is 10.4. The predicted molar refractivity (Wildman–Crippen MR) is 202 cm³/mol. The summed E-state index contributed by atoms with van der Waals surface area (Å²) >= 11 is 0. The second-order valence-electron chi connectivity index (χ2n) is 13.4. The van der Waals surface area contributed by atoms with Crippen LogP contribution in [0.5, 0.6) is 0 Å². The Morgan fingerprint density at radius 1 is 0.458 bits per heavy atom. The van der Waals surface area contributed by atoms with Crippen molar-refractivity contribution in [3.05, 3.63) is 144 Å². The molecule has 0 heterocycles. The highest BCUT2D eigenvalue weighted by Gasteiger charge is 2.45. The van der Waals surface area contributed by atoms with Gasteiger partial charge < -0.3 is 10.6 Å². The number of rotatable bonds is 13. The fourth-order valence-electron chi connectivity index (χ4n) is 7.58. The quantitative estimate of drug-likeness (QED) is 0.110. The Kier molecular flexibility index (Phi) is 12.0. The molecule has 48 heavy (non-hydrogen) atoms. The van der Waals surface area contributed by atoms with Crippen LogP contribution >= 0.6 is 21.6 Å². The highest BCUT2D eigenvalue weighted by molar-refractivity contribution is 8.76. The minimum Gasteiger partial charge on any atom is -0.352 e. The molecule has 0 aromatic heterocycles. The third-order valence-corrected chi connectivity index (χ3v) is 12.8. The average molecular weight is 677 g/mol. The molecule has 6 rings (SSSR count). The smallest absolute Gasteiger partial charge is 0.236 e. The maximum absolute atomic E-state index is 14.7. The second kappa shape index (κ2) is 16.8. The van der Waals surface area contributed by atoms with Crippen LogP contribution in [-0.4, -0.2) is 35.4 Å². The van der Waals surface area contributed by atoms with Crippen molar-refractivity contribution in [2.75, 3.05) is 11.5 Å². The van der Waals surface area contributed by atoms with Crippen LogP contribution < -0.4 is 10.6 Å². The van der Waals surface area contributed by atoms with Crippen LogP contribution in [-0.2, 0) is 20.4 Å². The van der Waals surface area contributed by atoms with E-state index in [1.807, 2.05) is 72.8 Å². The van der Waals surface area contributed by atoms with E-state index in [9.17, 15) is 9.59 Å². The molecule has 0 saturated heterocycles. The van der Waals surface area contributed by atoms with Crippen LogP contribution in [0.15, 0.2) is 121 Å². The van der Waals surface area contributed by atoms with Gasteiger partial charge in [-0.2, -0.15) is 0 Å². The van der Waals surface area contributed by atoms with E-state index in [2.05, 4.69) is 59.2 Å². The monoisotopic (exact) mass is 676 g/mol. The highest BCUT2D eigenvalue weighted by Crippen LogP contribution is 2.44. The number of benzene rings is 4. The SMILES string of the molecule is O=C(NC1CCCCC1)C(CSSCC(C(=O)NC1CCCCC1)(c1ccccc1)c1ccccc1)(c1ccccc1)c1ccccc1. The molecule has 4 aromatic carbocycles. The predicted octanol–water partition coefficient (Wildman–Crippen LogP) is 9.24. The summed E-state index contributed by atoms with van der Waals surface area (Å²) in [4.78, 5) is 29.4. The van der Waals surface area contributed by atoms with Gasteiger partial charge in [-0.15, -0.1) is 0 Å². The van der Waals surface area contributed by atoms with Gasteiger partial charge in [0.25, 0.3) is 0 Å². The molecular formula is C42H48N2O2S2. The summed E-state index contributed by atoms with van der Waals surface area (Å²) in [5.74, 6) is 1.20. The lowest BCUT2D eigenvalue weighted by atomic mass is 9.74. The molecule has 0 atom stereocenters. The molecule has 0 spiro atoms. The van der Waals surface area contributed by atoms with E-state index in [-0.39, 0.29) is 23.9 Å². The molecule has 0 aliphatic heterocycles. The minimum atomic E-state index is -0.885. The Bertz CT molecular complexity index is 1370. The van der Waals surface area contributed by atoms with Gasteiger partial charge in [-0.25, -0.2) is 0 Å². The van der Waals surface area contributed by atoms with Crippen molar-refractivity contribution in [2.45, 2.75) is 87.1 Å². The number of hydrogen-bond acceptors (Lipinski definition) is 4. The Labute approximate surface area is 294 Å². The summed E-state index contributed by atoms with van der Waals surface area (Å²) in [6.45, 7) is 0. The van der Waals surface area contributed by atoms with Gasteiger partial charge in [0.15, 0.2) is 0 Å². The van der Waals surface area contributed by atoms with E-state index in [0.717, 1.165) is 73.6 Å². The summed E-state index contributed by atoms with van der Waals surface area (Å²) < 4.78 is 0. The number of carbonyl (C=O) groups is 2. The average Bonchev–Trinajstić information content (AvgIpc) is 3.15. The first-order valence-electron chi connectivity index (χ1n) is 17.7. The Hall–Kier alpha value is -3.48. The topological polar surface area (TPSA) is 58.2 Å². The molecule has 0 unspecified atom stereocenters. The standard InChI is InChI=1S/C42H48N2O2S2/c45-39(43-37-27-15-5-16-28-37)41(33-19-7-1-8-20-33,34-21-9-2-10-22-34)31-47-48-32-42(35-23-11-3-12-24-35,36-25-13-4-14-26-36)40(46)44-38-29-17-6-18-30-38/h1-4,7-14,19-26,37-38H,5-6,15-18,27-32H2,(H,43,45)(H,44,46). The van der Waals surface area contributed by atoms with Crippen molar-refractivity contribution in [3.63, 3.8) is 0 Å². The molecule has 4 nitrogen and oxygen atoms in total. The summed E-state index contributed by atoms with van der Waals surface area (Å²) in [7, 11) is 3.39. The van der Waals surface area contributed by atoms with Gasteiger partial charge in [-0.1, -0.05) is 181 Å². The highest BCUT2D eigenvalue weighted by atomic mass is 33.1. The molecule has 2 fully saturated rings. The summed E-state index contributed by atoms with van der Waals surface area (Å²) in [5, 5.41) is 7.01. The van der Waals surface area contributed by atoms with Gasteiger partial charge in [0.05, 0.1) is 0 Å². The minimum absolute atomic E-state index is 0.0623. The van der Waals surface area contributed by atoms with E-state index in [1.165, 1.54) is 12.8 Å². The van der Waals surface area contributed by atoms with E-state index in [4.69, 9.17) is 0 Å². The van der Waals surface area contributed by atoms with Crippen molar-refractivity contribution < 1.29 is 9.59 Å². The fraction of sp³-hybridized carbons (Fsp3) is 0.381. The number of amides is 2. The normalized spacial score (nSPS) is 16.2. The molecule has 0 bridgehead atoms. The molecule has 4 aromatic rings. The van der Waals surface area contributed by atoms with Crippen LogP contribution in [0.3, 0.4) is 0 Å². The van der Waals surface area contributed by atoms with Gasteiger partial charge >= 0.3 is 0 Å². The third kappa shape index (κ3) is 7.71. The lowest BCUT2D eigenvalue weighted by molar-refractivity contribution is -0.126. The fourth-order valence-corrected chi connectivity index (χ4v) is 10.6. The molecule has 250 valence electrons. The largest absolute Gasteiger partial charge is 0.352 e. The lowest BCUT2D eigenvalue weighted by Crippen LogP contribution is -2.51. The van der Waals surface area contributed by atoms with Crippen molar-refractivity contribution in [3.8, 4) is 0 Å². The first kappa shape index (κ1) is 34.4.